The molecule has 0 aliphatic rings. The molecule has 2 aromatic rings. The number of nitrogens with one attached hydrogen (secondary N) is 1. The SMILES string of the molecule is CC(C)C(NCCCc1ccccc1)c1ccc(Cl)cc1. The molecule has 0 aromatic heterocycles. The highest BCUT2D eigenvalue weighted by Crippen LogP contribution is 2.23. The van der Waals surface area contributed by atoms with Gasteiger partial charge in [-0.15, -0.1) is 0 Å². The zero-order chi connectivity index (χ0) is 15.1. The Kier molecular flexibility index (Phi) is 6.28. The summed E-state index contributed by atoms with van der Waals surface area (Å²) in [5.74, 6) is 0.558. The van der Waals surface area contributed by atoms with Crippen LogP contribution in [0.4, 0.5) is 0 Å². The van der Waals surface area contributed by atoms with Crippen LogP contribution in [0.15, 0.2) is 54.6 Å². The van der Waals surface area contributed by atoms with E-state index in [2.05, 4.69) is 61.6 Å². The van der Waals surface area contributed by atoms with E-state index in [1.165, 1.54) is 11.1 Å². The van der Waals surface area contributed by atoms with Crippen LogP contribution >= 0.6 is 11.6 Å². The van der Waals surface area contributed by atoms with Crippen LogP contribution in [-0.4, -0.2) is 6.54 Å². The number of hydrogen-bond acceptors (Lipinski definition) is 1. The maximum absolute atomic E-state index is 5.97. The number of rotatable bonds is 7. The van der Waals surface area contributed by atoms with Gasteiger partial charge in [0.25, 0.3) is 0 Å². The molecule has 0 spiro atoms. The van der Waals surface area contributed by atoms with Crippen LogP contribution < -0.4 is 5.32 Å². The summed E-state index contributed by atoms with van der Waals surface area (Å²) >= 11 is 5.97. The van der Waals surface area contributed by atoms with Gasteiger partial charge >= 0.3 is 0 Å². The second kappa shape index (κ2) is 8.21. The minimum Gasteiger partial charge on any atom is -0.310 e. The molecular weight excluding hydrogens is 278 g/mol. The fourth-order valence-electron chi connectivity index (χ4n) is 2.60. The van der Waals surface area contributed by atoms with Crippen LogP contribution in [-0.2, 0) is 6.42 Å². The van der Waals surface area contributed by atoms with E-state index < -0.39 is 0 Å². The van der Waals surface area contributed by atoms with E-state index in [0.717, 1.165) is 24.4 Å². The average Bonchev–Trinajstić information content (AvgIpc) is 2.49. The molecule has 0 saturated heterocycles. The van der Waals surface area contributed by atoms with Gasteiger partial charge in [0, 0.05) is 11.1 Å². The minimum atomic E-state index is 0.387. The van der Waals surface area contributed by atoms with E-state index in [1.807, 2.05) is 12.1 Å². The van der Waals surface area contributed by atoms with Crippen molar-refractivity contribution in [3.63, 3.8) is 0 Å². The van der Waals surface area contributed by atoms with Gasteiger partial charge < -0.3 is 5.32 Å². The Bertz CT molecular complexity index is 519. The number of aryl methyl sites for hydroxylation is 1. The lowest BCUT2D eigenvalue weighted by molar-refractivity contribution is 0.409. The number of hydrogen-bond donors (Lipinski definition) is 1. The quantitative estimate of drug-likeness (QED) is 0.688. The van der Waals surface area contributed by atoms with Gasteiger partial charge in [0.2, 0.25) is 0 Å². The number of halogens is 1. The van der Waals surface area contributed by atoms with Crippen LogP contribution in [0, 0.1) is 5.92 Å². The van der Waals surface area contributed by atoms with Gasteiger partial charge in [-0.1, -0.05) is 67.9 Å². The maximum Gasteiger partial charge on any atom is 0.0406 e. The first-order valence-electron chi connectivity index (χ1n) is 7.69. The number of benzene rings is 2. The van der Waals surface area contributed by atoms with E-state index in [1.54, 1.807) is 0 Å². The molecule has 0 heterocycles. The molecule has 2 aromatic carbocycles. The average molecular weight is 302 g/mol. The molecule has 1 atom stereocenters. The van der Waals surface area contributed by atoms with E-state index in [-0.39, 0.29) is 0 Å². The Morgan fingerprint density at radius 2 is 1.62 bits per heavy atom. The fraction of sp³-hybridized carbons (Fsp3) is 0.368. The molecular formula is C19H24ClN. The van der Waals surface area contributed by atoms with Crippen LogP contribution in [0.2, 0.25) is 5.02 Å². The fourth-order valence-corrected chi connectivity index (χ4v) is 2.73. The Balaban J connectivity index is 1.85. The smallest absolute Gasteiger partial charge is 0.0406 e. The Morgan fingerprint density at radius 1 is 0.952 bits per heavy atom. The van der Waals surface area contributed by atoms with Gasteiger partial charge in [0.15, 0.2) is 0 Å². The van der Waals surface area contributed by atoms with Crippen molar-refractivity contribution in [1.29, 1.82) is 0 Å². The van der Waals surface area contributed by atoms with Gasteiger partial charge in [-0.25, -0.2) is 0 Å². The highest BCUT2D eigenvalue weighted by atomic mass is 35.5. The third-order valence-electron chi connectivity index (χ3n) is 3.75. The zero-order valence-corrected chi connectivity index (χ0v) is 13.6. The molecule has 2 heteroatoms. The first-order valence-corrected chi connectivity index (χ1v) is 8.07. The Hall–Kier alpha value is -1.31. The second-order valence-corrected chi connectivity index (χ2v) is 6.25. The van der Waals surface area contributed by atoms with Crippen LogP contribution in [0.5, 0.6) is 0 Å². The third-order valence-corrected chi connectivity index (χ3v) is 4.00. The predicted octanol–water partition coefficient (Wildman–Crippen LogP) is 5.26. The van der Waals surface area contributed by atoms with E-state index in [9.17, 15) is 0 Å². The lowest BCUT2D eigenvalue weighted by Crippen LogP contribution is -2.27. The molecule has 0 fully saturated rings. The van der Waals surface area contributed by atoms with Crippen molar-refractivity contribution in [3.05, 3.63) is 70.7 Å². The van der Waals surface area contributed by atoms with E-state index in [0.29, 0.717) is 12.0 Å². The molecule has 1 unspecified atom stereocenters. The van der Waals surface area contributed by atoms with Crippen molar-refractivity contribution in [2.24, 2.45) is 5.92 Å². The van der Waals surface area contributed by atoms with Crippen LogP contribution in [0.25, 0.3) is 0 Å². The van der Waals surface area contributed by atoms with Gasteiger partial charge in [0.05, 0.1) is 0 Å². The second-order valence-electron chi connectivity index (χ2n) is 5.82. The van der Waals surface area contributed by atoms with E-state index >= 15 is 0 Å². The molecule has 1 N–H and O–H groups in total. The molecule has 0 aliphatic heterocycles. The minimum absolute atomic E-state index is 0.387. The van der Waals surface area contributed by atoms with Gasteiger partial charge in [-0.05, 0) is 48.6 Å². The molecule has 0 amide bonds. The first-order chi connectivity index (χ1) is 10.2. The molecule has 0 aliphatic carbocycles. The topological polar surface area (TPSA) is 12.0 Å². The van der Waals surface area contributed by atoms with Crippen LogP contribution in [0.3, 0.4) is 0 Å². The van der Waals surface area contributed by atoms with Gasteiger partial charge in [0.1, 0.15) is 0 Å². The summed E-state index contributed by atoms with van der Waals surface area (Å²) in [7, 11) is 0. The van der Waals surface area contributed by atoms with Crippen molar-refractivity contribution in [2.45, 2.75) is 32.7 Å². The summed E-state index contributed by atoms with van der Waals surface area (Å²) in [6, 6.07) is 19.2. The highest BCUT2D eigenvalue weighted by Gasteiger charge is 2.14. The molecule has 0 bridgehead atoms. The maximum atomic E-state index is 5.97. The monoisotopic (exact) mass is 301 g/mol. The van der Waals surface area contributed by atoms with Gasteiger partial charge in [-0.2, -0.15) is 0 Å². The zero-order valence-electron chi connectivity index (χ0n) is 12.9. The van der Waals surface area contributed by atoms with Crippen molar-refractivity contribution >= 4 is 11.6 Å². The Labute approximate surface area is 133 Å². The lowest BCUT2D eigenvalue weighted by atomic mass is 9.96. The summed E-state index contributed by atoms with van der Waals surface area (Å²) in [5, 5.41) is 4.48. The molecule has 21 heavy (non-hydrogen) atoms. The molecule has 0 saturated carbocycles. The van der Waals surface area contributed by atoms with Crippen molar-refractivity contribution in [2.75, 3.05) is 6.54 Å². The van der Waals surface area contributed by atoms with Gasteiger partial charge in [-0.3, -0.25) is 0 Å². The summed E-state index contributed by atoms with van der Waals surface area (Å²) in [6.07, 6.45) is 2.28. The third kappa shape index (κ3) is 5.18. The highest BCUT2D eigenvalue weighted by molar-refractivity contribution is 6.30. The molecule has 2 rings (SSSR count). The molecule has 1 nitrogen and oxygen atoms in total. The predicted molar refractivity (Wildman–Crippen MR) is 91.8 cm³/mol. The standard InChI is InChI=1S/C19H24ClN/c1-15(2)19(17-10-12-18(20)13-11-17)21-14-6-9-16-7-4-3-5-8-16/h3-5,7-8,10-13,15,19,21H,6,9,14H2,1-2H3. The normalized spacial score (nSPS) is 12.6. The summed E-state index contributed by atoms with van der Waals surface area (Å²) in [5.41, 5.74) is 2.72. The van der Waals surface area contributed by atoms with Crippen molar-refractivity contribution in [3.8, 4) is 0 Å². The van der Waals surface area contributed by atoms with Crippen LogP contribution in [0.1, 0.15) is 37.4 Å². The van der Waals surface area contributed by atoms with E-state index in [4.69, 9.17) is 11.6 Å². The Morgan fingerprint density at radius 3 is 2.24 bits per heavy atom. The first kappa shape index (κ1) is 16.1. The largest absolute Gasteiger partial charge is 0.310 e. The molecule has 0 radical (unpaired) electrons. The summed E-state index contributed by atoms with van der Waals surface area (Å²) < 4.78 is 0. The van der Waals surface area contributed by atoms with Crippen molar-refractivity contribution < 1.29 is 0 Å². The lowest BCUT2D eigenvalue weighted by Gasteiger charge is -2.23. The summed E-state index contributed by atoms with van der Waals surface area (Å²) in [6.45, 7) is 5.54. The summed E-state index contributed by atoms with van der Waals surface area (Å²) in [4.78, 5) is 0. The van der Waals surface area contributed by atoms with Crippen molar-refractivity contribution in [1.82, 2.24) is 5.32 Å². The molecule has 112 valence electrons.